The molecular weight excluding hydrogens is 328 g/mol. The van der Waals surface area contributed by atoms with Crippen LogP contribution in [0.15, 0.2) is 41.2 Å². The molecule has 3 aromatic rings. The Balaban J connectivity index is 1.29. The smallest absolute Gasteiger partial charge is 0.223 e. The largest absolute Gasteiger partial charge is 0.488 e. The van der Waals surface area contributed by atoms with E-state index < -0.39 is 0 Å². The molecule has 2 heterocycles. The van der Waals surface area contributed by atoms with Crippen molar-refractivity contribution in [1.29, 1.82) is 0 Å². The van der Waals surface area contributed by atoms with Crippen LogP contribution in [0.4, 0.5) is 0 Å². The van der Waals surface area contributed by atoms with E-state index in [2.05, 4.69) is 10.3 Å². The zero-order valence-corrected chi connectivity index (χ0v) is 14.0. The first-order valence-corrected chi connectivity index (χ1v) is 9.34. The molecule has 1 N–H and O–H groups in total. The monoisotopic (exact) mass is 344 g/mol. The van der Waals surface area contributed by atoms with E-state index in [1.807, 2.05) is 41.2 Å². The zero-order chi connectivity index (χ0) is 15.6. The van der Waals surface area contributed by atoms with Crippen molar-refractivity contribution in [3.05, 3.63) is 46.1 Å². The molecule has 1 aliphatic carbocycles. The third-order valence-corrected chi connectivity index (χ3v) is 5.77. The van der Waals surface area contributed by atoms with Crippen molar-refractivity contribution in [3.8, 4) is 5.75 Å². The Hall–Kier alpha value is -1.92. The molecule has 4 rings (SSSR count). The lowest BCUT2D eigenvalue weighted by Gasteiger charge is -2.34. The van der Waals surface area contributed by atoms with Gasteiger partial charge in [0.2, 0.25) is 5.91 Å². The molecule has 0 aliphatic heterocycles. The van der Waals surface area contributed by atoms with Crippen LogP contribution in [-0.2, 0) is 11.3 Å². The Bertz CT molecular complexity index is 807. The summed E-state index contributed by atoms with van der Waals surface area (Å²) in [5.41, 5.74) is 2.75. The number of thiazole rings is 1. The van der Waals surface area contributed by atoms with E-state index in [0.29, 0.717) is 6.54 Å². The Kier molecular flexibility index (Phi) is 4.01. The Morgan fingerprint density at radius 3 is 3.00 bits per heavy atom. The quantitative estimate of drug-likeness (QED) is 0.765. The fourth-order valence-electron chi connectivity index (χ4n) is 2.74. The Morgan fingerprint density at radius 1 is 1.26 bits per heavy atom. The highest BCUT2D eigenvalue weighted by Gasteiger charge is 2.36. The summed E-state index contributed by atoms with van der Waals surface area (Å²) in [4.78, 5) is 17.7. The highest BCUT2D eigenvalue weighted by atomic mass is 32.1. The number of carbonyl (C=O) groups is 1. The number of nitrogens with one attached hydrogen (secondary N) is 1. The van der Waals surface area contributed by atoms with Crippen LogP contribution < -0.4 is 10.1 Å². The molecule has 23 heavy (non-hydrogen) atoms. The number of aromatic nitrogens is 1. The molecule has 0 spiro atoms. The van der Waals surface area contributed by atoms with Crippen molar-refractivity contribution in [2.24, 2.45) is 5.92 Å². The number of para-hydroxylation sites is 1. The molecule has 1 amide bonds. The van der Waals surface area contributed by atoms with Crippen LogP contribution >= 0.6 is 22.7 Å². The minimum atomic E-state index is 0.0644. The van der Waals surface area contributed by atoms with Crippen LogP contribution in [0.2, 0.25) is 0 Å². The highest BCUT2D eigenvalue weighted by molar-refractivity contribution is 7.16. The molecule has 0 atom stereocenters. The molecule has 4 nitrogen and oxygen atoms in total. The lowest BCUT2D eigenvalue weighted by atomic mass is 9.81. The van der Waals surface area contributed by atoms with Crippen LogP contribution in [0.5, 0.6) is 5.75 Å². The van der Waals surface area contributed by atoms with E-state index in [1.54, 1.807) is 22.7 Å². The summed E-state index contributed by atoms with van der Waals surface area (Å²) in [5.74, 6) is 1.02. The predicted molar refractivity (Wildman–Crippen MR) is 92.9 cm³/mol. The molecule has 1 fully saturated rings. The first-order chi connectivity index (χ1) is 11.3. The van der Waals surface area contributed by atoms with Gasteiger partial charge in [-0.2, -0.15) is 0 Å². The molecule has 1 aromatic carbocycles. The second-order valence-corrected chi connectivity index (χ2v) is 7.58. The lowest BCUT2D eigenvalue weighted by Crippen LogP contribution is -2.43. The van der Waals surface area contributed by atoms with Gasteiger partial charge in [-0.05, 0) is 36.4 Å². The molecule has 6 heteroatoms. The topological polar surface area (TPSA) is 51.2 Å². The third kappa shape index (κ3) is 3.09. The predicted octanol–water partition coefficient (Wildman–Crippen LogP) is 3.83. The summed E-state index contributed by atoms with van der Waals surface area (Å²) in [7, 11) is 0. The summed E-state index contributed by atoms with van der Waals surface area (Å²) >= 11 is 3.27. The number of rotatable bonds is 5. The van der Waals surface area contributed by atoms with Gasteiger partial charge in [-0.25, -0.2) is 4.98 Å². The van der Waals surface area contributed by atoms with Gasteiger partial charge in [0.1, 0.15) is 17.4 Å². The van der Waals surface area contributed by atoms with E-state index in [4.69, 9.17) is 4.74 Å². The number of hydrogen-bond donors (Lipinski definition) is 1. The van der Waals surface area contributed by atoms with Crippen molar-refractivity contribution in [2.75, 3.05) is 0 Å². The third-order valence-electron chi connectivity index (χ3n) is 4.10. The molecular formula is C17H16N2O2S2. The number of carbonyl (C=O) groups excluding carboxylic acids is 1. The number of thiophene rings is 1. The maximum atomic E-state index is 12.1. The van der Waals surface area contributed by atoms with Gasteiger partial charge >= 0.3 is 0 Å². The molecule has 2 aromatic heterocycles. The molecule has 1 aliphatic rings. The summed E-state index contributed by atoms with van der Waals surface area (Å²) in [6.45, 7) is 0.622. The second kappa shape index (κ2) is 6.29. The minimum Gasteiger partial charge on any atom is -0.488 e. The van der Waals surface area contributed by atoms with E-state index in [1.165, 1.54) is 4.88 Å². The molecule has 0 saturated heterocycles. The first kappa shape index (κ1) is 14.7. The molecule has 0 unspecified atom stereocenters. The Labute approximate surface area is 142 Å². The van der Waals surface area contributed by atoms with Crippen molar-refractivity contribution in [1.82, 2.24) is 10.3 Å². The van der Waals surface area contributed by atoms with Crippen LogP contribution in [0.1, 0.15) is 17.7 Å². The van der Waals surface area contributed by atoms with Gasteiger partial charge in [0.25, 0.3) is 0 Å². The number of hydrogen-bond acceptors (Lipinski definition) is 5. The molecule has 1 saturated carbocycles. The Morgan fingerprint density at radius 2 is 2.17 bits per heavy atom. The fourth-order valence-corrected chi connectivity index (χ4v) is 4.08. The van der Waals surface area contributed by atoms with Gasteiger partial charge in [0.05, 0.1) is 16.8 Å². The van der Waals surface area contributed by atoms with Crippen LogP contribution in [0.25, 0.3) is 10.2 Å². The number of benzene rings is 1. The maximum Gasteiger partial charge on any atom is 0.223 e. The summed E-state index contributed by atoms with van der Waals surface area (Å²) in [5, 5.41) is 5.02. The fraction of sp³-hybridized carbons (Fsp3) is 0.294. The van der Waals surface area contributed by atoms with Gasteiger partial charge in [-0.3, -0.25) is 4.79 Å². The highest BCUT2D eigenvalue weighted by Crippen LogP contribution is 2.34. The van der Waals surface area contributed by atoms with Crippen LogP contribution in [0, 0.1) is 5.92 Å². The van der Waals surface area contributed by atoms with Gasteiger partial charge in [0, 0.05) is 10.8 Å². The van der Waals surface area contributed by atoms with E-state index in [9.17, 15) is 4.79 Å². The van der Waals surface area contributed by atoms with Gasteiger partial charge in [-0.1, -0.05) is 12.1 Å². The zero-order valence-electron chi connectivity index (χ0n) is 12.4. The molecule has 0 radical (unpaired) electrons. The molecule has 118 valence electrons. The number of amides is 1. The maximum absolute atomic E-state index is 12.1. The van der Waals surface area contributed by atoms with Gasteiger partial charge in [-0.15, -0.1) is 22.7 Å². The number of fused-ring (bicyclic) bond motifs is 1. The van der Waals surface area contributed by atoms with Crippen molar-refractivity contribution in [2.45, 2.75) is 25.5 Å². The summed E-state index contributed by atoms with van der Waals surface area (Å²) < 4.78 is 7.15. The summed E-state index contributed by atoms with van der Waals surface area (Å²) in [6.07, 6.45) is 1.66. The van der Waals surface area contributed by atoms with E-state index in [0.717, 1.165) is 28.8 Å². The van der Waals surface area contributed by atoms with Gasteiger partial charge in [0.15, 0.2) is 0 Å². The normalized spacial score (nSPS) is 20.2. The average molecular weight is 344 g/mol. The van der Waals surface area contributed by atoms with E-state index in [-0.39, 0.29) is 17.9 Å². The van der Waals surface area contributed by atoms with Crippen LogP contribution in [-0.4, -0.2) is 17.0 Å². The molecule has 0 bridgehead atoms. The SMILES string of the molecule is O=C(NCc1cccs1)[C@H]1C[C@H](Oc2cccc3scnc23)C1. The number of ether oxygens (including phenoxy) is 1. The average Bonchev–Trinajstić information content (AvgIpc) is 3.19. The lowest BCUT2D eigenvalue weighted by molar-refractivity contribution is -0.130. The number of nitrogens with zero attached hydrogens (tertiary/aromatic N) is 1. The van der Waals surface area contributed by atoms with Crippen LogP contribution in [0.3, 0.4) is 0 Å². The first-order valence-electron chi connectivity index (χ1n) is 7.58. The van der Waals surface area contributed by atoms with Crippen molar-refractivity contribution >= 4 is 38.8 Å². The van der Waals surface area contributed by atoms with Crippen molar-refractivity contribution < 1.29 is 9.53 Å². The van der Waals surface area contributed by atoms with E-state index >= 15 is 0 Å². The minimum absolute atomic E-state index is 0.0644. The standard InChI is InChI=1S/C17H16N2O2S2/c20-17(18-9-13-3-2-6-22-13)11-7-12(8-11)21-14-4-1-5-15-16(14)19-10-23-15/h1-6,10-12H,7-9H2,(H,18,20)/t11-,12-. The summed E-state index contributed by atoms with van der Waals surface area (Å²) in [6, 6.07) is 10.0. The van der Waals surface area contributed by atoms with Crippen molar-refractivity contribution in [3.63, 3.8) is 0 Å². The van der Waals surface area contributed by atoms with Gasteiger partial charge < -0.3 is 10.1 Å². The second-order valence-electron chi connectivity index (χ2n) is 5.66.